The molecular formula is C22H22FN7O. The highest BCUT2D eigenvalue weighted by Crippen LogP contribution is 2.27. The fourth-order valence-electron chi connectivity index (χ4n) is 3.37. The van der Waals surface area contributed by atoms with Crippen LogP contribution in [0.2, 0.25) is 0 Å². The number of aryl methyl sites for hydroxylation is 2. The Balaban J connectivity index is 1.50. The Morgan fingerprint density at radius 3 is 2.68 bits per heavy atom. The molecule has 1 N–H and O–H groups in total. The second-order valence-corrected chi connectivity index (χ2v) is 7.55. The number of hydrogen-bond acceptors (Lipinski definition) is 7. The Morgan fingerprint density at radius 1 is 1.13 bits per heavy atom. The first kappa shape index (κ1) is 20.5. The summed E-state index contributed by atoms with van der Waals surface area (Å²) in [6, 6.07) is 4.46. The molecular weight excluding hydrogens is 397 g/mol. The van der Waals surface area contributed by atoms with Crippen LogP contribution in [0.25, 0.3) is 5.57 Å². The van der Waals surface area contributed by atoms with Crippen LogP contribution in [-0.4, -0.2) is 44.1 Å². The van der Waals surface area contributed by atoms with Gasteiger partial charge in [-0.05, 0) is 50.5 Å². The van der Waals surface area contributed by atoms with E-state index < -0.39 is 11.7 Å². The molecule has 9 heteroatoms. The molecule has 0 unspecified atom stereocenters. The second kappa shape index (κ2) is 8.55. The van der Waals surface area contributed by atoms with Crippen molar-refractivity contribution < 1.29 is 9.18 Å². The normalized spacial score (nSPS) is 14.0. The number of amides is 1. The lowest BCUT2D eigenvalue weighted by Gasteiger charge is -2.29. The molecule has 1 aromatic carbocycles. The molecule has 31 heavy (non-hydrogen) atoms. The first-order chi connectivity index (χ1) is 14.9. The van der Waals surface area contributed by atoms with E-state index in [1.54, 1.807) is 25.4 Å². The Hall–Kier alpha value is -3.75. The molecule has 0 fully saturated rings. The number of aromatic nitrogens is 5. The van der Waals surface area contributed by atoms with E-state index in [-0.39, 0.29) is 11.4 Å². The number of hydrogen-bond donors (Lipinski definition) is 1. The SMILES string of the molecule is CC1=C(c2cnc(NC(=O)c3ccc(C)cc3F)cn2)CN(c2nncc(C)n2)CC1. The summed E-state index contributed by atoms with van der Waals surface area (Å²) in [7, 11) is 0. The number of benzene rings is 1. The van der Waals surface area contributed by atoms with Gasteiger partial charge >= 0.3 is 0 Å². The predicted octanol–water partition coefficient (Wildman–Crippen LogP) is 3.35. The van der Waals surface area contributed by atoms with Crippen molar-refractivity contribution >= 4 is 23.2 Å². The van der Waals surface area contributed by atoms with Crippen molar-refractivity contribution in [2.24, 2.45) is 0 Å². The van der Waals surface area contributed by atoms with Gasteiger partial charge in [0.15, 0.2) is 5.82 Å². The highest BCUT2D eigenvalue weighted by molar-refractivity contribution is 6.03. The number of rotatable bonds is 4. The molecule has 4 rings (SSSR count). The van der Waals surface area contributed by atoms with Gasteiger partial charge in [0.1, 0.15) is 5.82 Å². The third-order valence-corrected chi connectivity index (χ3v) is 5.14. The summed E-state index contributed by atoms with van der Waals surface area (Å²) < 4.78 is 14.0. The average Bonchev–Trinajstić information content (AvgIpc) is 2.74. The molecule has 2 aromatic heterocycles. The van der Waals surface area contributed by atoms with E-state index in [0.717, 1.165) is 29.8 Å². The number of halogens is 1. The fourth-order valence-corrected chi connectivity index (χ4v) is 3.37. The first-order valence-electron chi connectivity index (χ1n) is 9.90. The van der Waals surface area contributed by atoms with Crippen molar-refractivity contribution in [2.75, 3.05) is 23.3 Å². The molecule has 0 aliphatic carbocycles. The maximum Gasteiger partial charge on any atom is 0.259 e. The summed E-state index contributed by atoms with van der Waals surface area (Å²) in [4.78, 5) is 27.6. The van der Waals surface area contributed by atoms with Crippen molar-refractivity contribution in [2.45, 2.75) is 27.2 Å². The molecule has 0 atom stereocenters. The third kappa shape index (κ3) is 4.55. The minimum atomic E-state index is -0.571. The van der Waals surface area contributed by atoms with Gasteiger partial charge in [-0.25, -0.2) is 14.4 Å². The summed E-state index contributed by atoms with van der Waals surface area (Å²) in [5.41, 5.74) is 4.47. The van der Waals surface area contributed by atoms with Crippen LogP contribution in [0.3, 0.4) is 0 Å². The predicted molar refractivity (Wildman–Crippen MR) is 115 cm³/mol. The van der Waals surface area contributed by atoms with Crippen LogP contribution >= 0.6 is 0 Å². The van der Waals surface area contributed by atoms with Gasteiger partial charge in [-0.3, -0.25) is 9.78 Å². The van der Waals surface area contributed by atoms with Crippen molar-refractivity contribution in [1.29, 1.82) is 0 Å². The number of nitrogens with zero attached hydrogens (tertiary/aromatic N) is 6. The molecule has 3 heterocycles. The standard InChI is InChI=1S/C22H22FN7O/c1-13-4-5-16(18(23)8-13)21(31)28-20-11-24-19(10-25-20)17-12-30(7-6-14(17)2)22-27-15(3)9-26-29-22/h4-5,8-11H,6-7,12H2,1-3H3,(H,25,28,31). The van der Waals surface area contributed by atoms with E-state index in [4.69, 9.17) is 0 Å². The second-order valence-electron chi connectivity index (χ2n) is 7.55. The van der Waals surface area contributed by atoms with Gasteiger partial charge in [0.2, 0.25) is 5.95 Å². The highest BCUT2D eigenvalue weighted by Gasteiger charge is 2.22. The van der Waals surface area contributed by atoms with Gasteiger partial charge in [-0.2, -0.15) is 5.10 Å². The lowest BCUT2D eigenvalue weighted by atomic mass is 9.99. The smallest absolute Gasteiger partial charge is 0.259 e. The number of anilines is 2. The Kier molecular flexibility index (Phi) is 5.66. The Bertz CT molecular complexity index is 1160. The third-order valence-electron chi connectivity index (χ3n) is 5.14. The van der Waals surface area contributed by atoms with Crippen LogP contribution in [0.1, 0.15) is 40.7 Å². The molecule has 8 nitrogen and oxygen atoms in total. The van der Waals surface area contributed by atoms with Gasteiger partial charge in [0, 0.05) is 13.1 Å². The van der Waals surface area contributed by atoms with Crippen molar-refractivity contribution in [1.82, 2.24) is 25.1 Å². The lowest BCUT2D eigenvalue weighted by Crippen LogP contribution is -2.32. The zero-order valence-electron chi connectivity index (χ0n) is 17.6. The molecule has 1 amide bonds. The van der Waals surface area contributed by atoms with Crippen molar-refractivity contribution in [3.8, 4) is 0 Å². The van der Waals surface area contributed by atoms with E-state index in [1.165, 1.54) is 23.9 Å². The van der Waals surface area contributed by atoms with Gasteiger partial charge < -0.3 is 10.2 Å². The van der Waals surface area contributed by atoms with E-state index in [1.807, 2.05) is 6.92 Å². The van der Waals surface area contributed by atoms with Crippen LogP contribution in [0, 0.1) is 19.7 Å². The van der Waals surface area contributed by atoms with Crippen LogP contribution in [0.4, 0.5) is 16.2 Å². The zero-order chi connectivity index (χ0) is 22.0. The summed E-state index contributed by atoms with van der Waals surface area (Å²) in [5.74, 6) is -0.297. The Labute approximate surface area is 179 Å². The van der Waals surface area contributed by atoms with Crippen LogP contribution in [0.5, 0.6) is 0 Å². The summed E-state index contributed by atoms with van der Waals surface area (Å²) >= 11 is 0. The van der Waals surface area contributed by atoms with Gasteiger partial charge in [0.25, 0.3) is 5.91 Å². The van der Waals surface area contributed by atoms with Crippen molar-refractivity contribution in [3.05, 3.63) is 70.7 Å². The molecule has 3 aromatic rings. The monoisotopic (exact) mass is 419 g/mol. The van der Waals surface area contributed by atoms with E-state index >= 15 is 0 Å². The van der Waals surface area contributed by atoms with E-state index in [9.17, 15) is 9.18 Å². The van der Waals surface area contributed by atoms with Gasteiger partial charge in [0.05, 0.1) is 35.5 Å². The minimum Gasteiger partial charge on any atom is -0.335 e. The Morgan fingerprint density at radius 2 is 1.97 bits per heavy atom. The van der Waals surface area contributed by atoms with Gasteiger partial charge in [-0.1, -0.05) is 11.6 Å². The molecule has 0 saturated heterocycles. The van der Waals surface area contributed by atoms with Crippen LogP contribution in [0.15, 0.2) is 42.4 Å². The number of nitrogens with one attached hydrogen (secondary N) is 1. The van der Waals surface area contributed by atoms with Crippen molar-refractivity contribution in [3.63, 3.8) is 0 Å². The molecule has 0 spiro atoms. The van der Waals surface area contributed by atoms with Crippen LogP contribution < -0.4 is 10.2 Å². The largest absolute Gasteiger partial charge is 0.335 e. The maximum atomic E-state index is 14.0. The fraction of sp³-hybridized carbons (Fsp3) is 0.273. The zero-order valence-corrected chi connectivity index (χ0v) is 17.6. The lowest BCUT2D eigenvalue weighted by molar-refractivity contribution is 0.102. The van der Waals surface area contributed by atoms with E-state index in [2.05, 4.69) is 42.3 Å². The molecule has 0 radical (unpaired) electrons. The molecule has 1 aliphatic rings. The number of carbonyl (C=O) groups is 1. The molecule has 1 aliphatic heterocycles. The summed E-state index contributed by atoms with van der Waals surface area (Å²) in [6.07, 6.45) is 5.55. The quantitative estimate of drug-likeness (QED) is 0.693. The van der Waals surface area contributed by atoms with Crippen LogP contribution in [-0.2, 0) is 0 Å². The average molecular weight is 419 g/mol. The molecule has 0 saturated carbocycles. The van der Waals surface area contributed by atoms with Gasteiger partial charge in [-0.15, -0.1) is 5.10 Å². The first-order valence-corrected chi connectivity index (χ1v) is 9.90. The number of carbonyl (C=O) groups excluding carboxylic acids is 1. The highest BCUT2D eigenvalue weighted by atomic mass is 19.1. The molecule has 158 valence electrons. The maximum absolute atomic E-state index is 14.0. The minimum absolute atomic E-state index is 0.0373. The summed E-state index contributed by atoms with van der Waals surface area (Å²) in [6.45, 7) is 7.10. The summed E-state index contributed by atoms with van der Waals surface area (Å²) in [5, 5.41) is 10.7. The topological polar surface area (TPSA) is 96.8 Å². The van der Waals surface area contributed by atoms with E-state index in [0.29, 0.717) is 18.2 Å². The molecule has 0 bridgehead atoms.